The zero-order valence-corrected chi connectivity index (χ0v) is 30.7. The van der Waals surface area contributed by atoms with Crippen molar-refractivity contribution in [2.75, 3.05) is 0 Å². The standard InChI is InChI=1S/C52H37N3/c1-52(2)45-31-41(34-11-5-3-6-12-34)25-28-43(45)44-29-26-42(32-46(44)52)37-19-17-35(18-20-37)36-21-23-40(24-22-36)50-33-49(38-13-7-4-8-14-38)54-51(55-50)48-30-27-39-15-9-10-16-47(39)53-48/h3-33H,1-2H3. The number of benzene rings is 7. The molecule has 0 spiro atoms. The van der Waals surface area contributed by atoms with Crippen LogP contribution in [0.2, 0.25) is 0 Å². The lowest BCUT2D eigenvalue weighted by Gasteiger charge is -2.22. The topological polar surface area (TPSA) is 38.7 Å². The summed E-state index contributed by atoms with van der Waals surface area (Å²) in [5, 5.41) is 1.09. The smallest absolute Gasteiger partial charge is 0.179 e. The molecule has 10 rings (SSSR count). The Bertz CT molecular complexity index is 2860. The Morgan fingerprint density at radius 2 is 0.764 bits per heavy atom. The molecule has 9 aromatic rings. The van der Waals surface area contributed by atoms with Gasteiger partial charge >= 0.3 is 0 Å². The number of fused-ring (bicyclic) bond motifs is 4. The second kappa shape index (κ2) is 13.2. The van der Waals surface area contributed by atoms with Crippen LogP contribution in [0.3, 0.4) is 0 Å². The molecule has 7 aromatic carbocycles. The maximum atomic E-state index is 5.05. The van der Waals surface area contributed by atoms with Gasteiger partial charge in [-0.15, -0.1) is 0 Å². The SMILES string of the molecule is CC1(C)c2cc(-c3ccccc3)ccc2-c2ccc(-c3ccc(-c4ccc(-c5cc(-c6ccccc6)nc(-c6ccc7ccccc7n6)n5)cc4)cc3)cc21. The highest BCUT2D eigenvalue weighted by molar-refractivity contribution is 5.86. The van der Waals surface area contributed by atoms with Crippen LogP contribution in [0.25, 0.3) is 89.4 Å². The number of pyridine rings is 1. The molecular formula is C52H37N3. The molecule has 0 saturated carbocycles. The number of hydrogen-bond donors (Lipinski definition) is 0. The van der Waals surface area contributed by atoms with Gasteiger partial charge in [0.1, 0.15) is 5.69 Å². The van der Waals surface area contributed by atoms with Crippen LogP contribution >= 0.6 is 0 Å². The quantitative estimate of drug-likeness (QED) is 0.173. The van der Waals surface area contributed by atoms with Gasteiger partial charge in [0.15, 0.2) is 5.82 Å². The van der Waals surface area contributed by atoms with Gasteiger partial charge in [-0.25, -0.2) is 15.0 Å². The molecule has 0 radical (unpaired) electrons. The second-order valence-electron chi connectivity index (χ2n) is 14.9. The Kier molecular flexibility index (Phi) is 7.81. The molecule has 0 aliphatic heterocycles. The molecule has 1 aliphatic rings. The van der Waals surface area contributed by atoms with E-state index in [-0.39, 0.29) is 5.41 Å². The number of para-hydroxylation sites is 1. The maximum absolute atomic E-state index is 5.05. The van der Waals surface area contributed by atoms with E-state index in [0.29, 0.717) is 5.82 Å². The highest BCUT2D eigenvalue weighted by Gasteiger charge is 2.35. The normalized spacial score (nSPS) is 12.7. The molecule has 3 nitrogen and oxygen atoms in total. The van der Waals surface area contributed by atoms with E-state index in [1.54, 1.807) is 0 Å². The van der Waals surface area contributed by atoms with Crippen molar-refractivity contribution in [1.29, 1.82) is 0 Å². The Labute approximate surface area is 321 Å². The summed E-state index contributed by atoms with van der Waals surface area (Å²) in [5.41, 5.74) is 18.1. The Hall–Kier alpha value is -6.97. The van der Waals surface area contributed by atoms with Crippen molar-refractivity contribution in [2.45, 2.75) is 19.3 Å². The molecule has 0 amide bonds. The molecule has 55 heavy (non-hydrogen) atoms. The maximum Gasteiger partial charge on any atom is 0.179 e. The van der Waals surface area contributed by atoms with Crippen molar-refractivity contribution >= 4 is 10.9 Å². The lowest BCUT2D eigenvalue weighted by molar-refractivity contribution is 0.661. The van der Waals surface area contributed by atoms with Gasteiger partial charge in [0.05, 0.1) is 16.9 Å². The molecule has 0 fully saturated rings. The van der Waals surface area contributed by atoms with Crippen LogP contribution in [-0.2, 0) is 5.41 Å². The fraction of sp³-hybridized carbons (Fsp3) is 0.0577. The largest absolute Gasteiger partial charge is 0.244 e. The van der Waals surface area contributed by atoms with Crippen LogP contribution in [0.15, 0.2) is 188 Å². The first-order chi connectivity index (χ1) is 27.0. The fourth-order valence-electron chi connectivity index (χ4n) is 8.07. The lowest BCUT2D eigenvalue weighted by Crippen LogP contribution is -2.15. The Morgan fingerprint density at radius 3 is 1.35 bits per heavy atom. The van der Waals surface area contributed by atoms with Crippen LogP contribution in [0, 0.1) is 0 Å². The van der Waals surface area contributed by atoms with Crippen molar-refractivity contribution in [3.8, 4) is 78.5 Å². The van der Waals surface area contributed by atoms with Crippen LogP contribution in [0.1, 0.15) is 25.0 Å². The molecule has 1 aliphatic carbocycles. The number of nitrogens with zero attached hydrogens (tertiary/aromatic N) is 3. The summed E-state index contributed by atoms with van der Waals surface area (Å²) in [6.45, 7) is 4.71. The highest BCUT2D eigenvalue weighted by atomic mass is 14.9. The van der Waals surface area contributed by atoms with Crippen molar-refractivity contribution in [2.24, 2.45) is 0 Å². The second-order valence-corrected chi connectivity index (χ2v) is 14.9. The number of rotatable bonds is 6. The zero-order valence-electron chi connectivity index (χ0n) is 30.7. The van der Waals surface area contributed by atoms with Gasteiger partial charge in [-0.3, -0.25) is 0 Å². The van der Waals surface area contributed by atoms with E-state index < -0.39 is 0 Å². The molecule has 260 valence electrons. The average Bonchev–Trinajstić information content (AvgIpc) is 3.48. The molecule has 0 unspecified atom stereocenters. The van der Waals surface area contributed by atoms with Crippen molar-refractivity contribution < 1.29 is 0 Å². The average molecular weight is 704 g/mol. The van der Waals surface area contributed by atoms with Gasteiger partial charge < -0.3 is 0 Å². The van der Waals surface area contributed by atoms with E-state index in [1.165, 1.54) is 50.1 Å². The van der Waals surface area contributed by atoms with Crippen LogP contribution in [-0.4, -0.2) is 15.0 Å². The first kappa shape index (κ1) is 32.7. The van der Waals surface area contributed by atoms with Crippen LogP contribution in [0.4, 0.5) is 0 Å². The molecule has 0 N–H and O–H groups in total. The molecule has 2 heterocycles. The first-order valence-electron chi connectivity index (χ1n) is 18.8. The Balaban J connectivity index is 0.935. The monoisotopic (exact) mass is 703 g/mol. The summed E-state index contributed by atoms with van der Waals surface area (Å²) >= 11 is 0. The van der Waals surface area contributed by atoms with E-state index in [0.717, 1.165) is 44.7 Å². The third-order valence-corrected chi connectivity index (χ3v) is 11.1. The van der Waals surface area contributed by atoms with E-state index in [2.05, 4.69) is 159 Å². The van der Waals surface area contributed by atoms with Gasteiger partial charge in [-0.2, -0.15) is 0 Å². The van der Waals surface area contributed by atoms with Gasteiger partial charge in [-0.1, -0.05) is 172 Å². The summed E-state index contributed by atoms with van der Waals surface area (Å²) < 4.78 is 0. The molecule has 0 atom stereocenters. The number of aromatic nitrogens is 3. The van der Waals surface area contributed by atoms with Crippen molar-refractivity contribution in [1.82, 2.24) is 15.0 Å². The van der Waals surface area contributed by atoms with Gasteiger partial charge in [0.2, 0.25) is 0 Å². The van der Waals surface area contributed by atoms with E-state index in [9.17, 15) is 0 Å². The van der Waals surface area contributed by atoms with Crippen LogP contribution in [0.5, 0.6) is 0 Å². The first-order valence-corrected chi connectivity index (χ1v) is 18.8. The molecule has 0 bridgehead atoms. The summed E-state index contributed by atoms with van der Waals surface area (Å²) in [4.78, 5) is 14.9. The molecule has 3 heteroatoms. The Morgan fingerprint density at radius 1 is 0.327 bits per heavy atom. The molecule has 0 saturated heterocycles. The summed E-state index contributed by atoms with van der Waals surface area (Å²) in [6, 6.07) is 66.8. The molecular weight excluding hydrogens is 667 g/mol. The van der Waals surface area contributed by atoms with Crippen molar-refractivity contribution in [3.63, 3.8) is 0 Å². The third kappa shape index (κ3) is 5.91. The summed E-state index contributed by atoms with van der Waals surface area (Å²) in [7, 11) is 0. The van der Waals surface area contributed by atoms with Crippen molar-refractivity contribution in [3.05, 3.63) is 199 Å². The predicted molar refractivity (Wildman–Crippen MR) is 228 cm³/mol. The van der Waals surface area contributed by atoms with Gasteiger partial charge in [0, 0.05) is 21.9 Å². The number of hydrogen-bond acceptors (Lipinski definition) is 3. The van der Waals surface area contributed by atoms with Gasteiger partial charge in [0.25, 0.3) is 0 Å². The minimum atomic E-state index is -0.0918. The minimum Gasteiger partial charge on any atom is -0.244 e. The van der Waals surface area contributed by atoms with E-state index >= 15 is 0 Å². The summed E-state index contributed by atoms with van der Waals surface area (Å²) in [5.74, 6) is 0.609. The minimum absolute atomic E-state index is 0.0918. The van der Waals surface area contributed by atoms with Crippen LogP contribution < -0.4 is 0 Å². The zero-order chi connectivity index (χ0) is 36.9. The molecule has 2 aromatic heterocycles. The van der Waals surface area contributed by atoms with E-state index in [1.807, 2.05) is 42.5 Å². The predicted octanol–water partition coefficient (Wildman–Crippen LogP) is 13.3. The van der Waals surface area contributed by atoms with E-state index in [4.69, 9.17) is 15.0 Å². The van der Waals surface area contributed by atoms with Gasteiger partial charge in [-0.05, 0) is 86.0 Å². The summed E-state index contributed by atoms with van der Waals surface area (Å²) in [6.07, 6.45) is 0. The lowest BCUT2D eigenvalue weighted by atomic mass is 9.81. The highest BCUT2D eigenvalue weighted by Crippen LogP contribution is 2.50. The fourth-order valence-corrected chi connectivity index (χ4v) is 8.07. The third-order valence-electron chi connectivity index (χ3n) is 11.1.